The number of rotatable bonds is 5. The largest absolute Gasteiger partial charge is 0.397 e. The highest BCUT2D eigenvalue weighted by molar-refractivity contribution is 7.99. The number of aromatic amines is 1. The average Bonchev–Trinajstić information content (AvgIpc) is 2.87. The summed E-state index contributed by atoms with van der Waals surface area (Å²) in [6.45, 7) is 0. The Bertz CT molecular complexity index is 582. The predicted molar refractivity (Wildman–Crippen MR) is 81.2 cm³/mol. The number of nitrogen functional groups attached to an aromatic ring is 1. The van der Waals surface area contributed by atoms with Crippen LogP contribution in [0.25, 0.3) is 0 Å². The topological polar surface area (TPSA) is 96.7 Å². The van der Waals surface area contributed by atoms with E-state index in [1.807, 2.05) is 0 Å². The maximum absolute atomic E-state index is 11.8. The maximum Gasteiger partial charge on any atom is 0.225 e. The standard InChI is InChI=1S/C11H11Cl2N5OS/c12-6-3-7(13)10(8(14)4-6)17-9(19)1-2-20-11-15-5-16-18-11/h3-5H,1-2,14H2,(H,17,19)(H,15,16,18). The van der Waals surface area contributed by atoms with E-state index >= 15 is 0 Å². The van der Waals surface area contributed by atoms with E-state index in [1.54, 1.807) is 0 Å². The molecule has 20 heavy (non-hydrogen) atoms. The van der Waals surface area contributed by atoms with Gasteiger partial charge in [-0.3, -0.25) is 9.89 Å². The minimum absolute atomic E-state index is 0.187. The number of H-pyrrole nitrogens is 1. The van der Waals surface area contributed by atoms with Crippen molar-refractivity contribution in [1.29, 1.82) is 0 Å². The molecule has 2 rings (SSSR count). The number of anilines is 2. The summed E-state index contributed by atoms with van der Waals surface area (Å²) in [5.74, 6) is 0.375. The molecule has 0 aliphatic heterocycles. The second-order valence-corrected chi connectivity index (χ2v) is 5.72. The number of thioether (sulfide) groups is 1. The van der Waals surface area contributed by atoms with Crippen molar-refractivity contribution < 1.29 is 4.79 Å². The summed E-state index contributed by atoms with van der Waals surface area (Å²) in [6.07, 6.45) is 1.71. The molecule has 0 aliphatic carbocycles. The van der Waals surface area contributed by atoms with Crippen molar-refractivity contribution in [2.75, 3.05) is 16.8 Å². The summed E-state index contributed by atoms with van der Waals surface area (Å²) in [5, 5.41) is 10.5. The van der Waals surface area contributed by atoms with E-state index in [9.17, 15) is 4.79 Å². The van der Waals surface area contributed by atoms with Gasteiger partial charge < -0.3 is 11.1 Å². The molecule has 0 spiro atoms. The highest BCUT2D eigenvalue weighted by atomic mass is 35.5. The molecule has 106 valence electrons. The van der Waals surface area contributed by atoms with Crippen LogP contribution in [0.1, 0.15) is 6.42 Å². The molecule has 6 nitrogen and oxygen atoms in total. The fraction of sp³-hybridized carbons (Fsp3) is 0.182. The van der Waals surface area contributed by atoms with Crippen molar-refractivity contribution in [2.45, 2.75) is 11.6 Å². The Kier molecular flexibility index (Phi) is 5.11. The number of amides is 1. The van der Waals surface area contributed by atoms with Gasteiger partial charge in [-0.1, -0.05) is 35.0 Å². The van der Waals surface area contributed by atoms with Gasteiger partial charge in [0.1, 0.15) is 6.33 Å². The van der Waals surface area contributed by atoms with E-state index in [0.717, 1.165) is 0 Å². The van der Waals surface area contributed by atoms with Gasteiger partial charge in [-0.05, 0) is 12.1 Å². The zero-order chi connectivity index (χ0) is 14.5. The zero-order valence-corrected chi connectivity index (χ0v) is 12.5. The Balaban J connectivity index is 1.88. The van der Waals surface area contributed by atoms with E-state index in [-0.39, 0.29) is 5.91 Å². The van der Waals surface area contributed by atoms with Gasteiger partial charge in [0, 0.05) is 17.2 Å². The number of aromatic nitrogens is 3. The third kappa shape index (κ3) is 4.03. The molecule has 1 aromatic heterocycles. The van der Waals surface area contributed by atoms with Gasteiger partial charge in [0.25, 0.3) is 0 Å². The number of nitrogens with two attached hydrogens (primary N) is 1. The molecular formula is C11H11Cl2N5OS. The molecule has 0 atom stereocenters. The Morgan fingerprint density at radius 1 is 1.45 bits per heavy atom. The summed E-state index contributed by atoms with van der Waals surface area (Å²) >= 11 is 13.2. The van der Waals surface area contributed by atoms with Crippen LogP contribution in [0.4, 0.5) is 11.4 Å². The highest BCUT2D eigenvalue weighted by Gasteiger charge is 2.11. The molecule has 0 unspecified atom stereocenters. The average molecular weight is 332 g/mol. The molecule has 1 aromatic carbocycles. The monoisotopic (exact) mass is 331 g/mol. The van der Waals surface area contributed by atoms with Gasteiger partial charge in [0.05, 0.1) is 16.4 Å². The SMILES string of the molecule is Nc1cc(Cl)cc(Cl)c1NC(=O)CCSc1ncn[nH]1. The van der Waals surface area contributed by atoms with Crippen LogP contribution < -0.4 is 11.1 Å². The Labute approximate surface area is 129 Å². The van der Waals surface area contributed by atoms with E-state index < -0.39 is 0 Å². The van der Waals surface area contributed by atoms with Crippen LogP contribution in [-0.2, 0) is 4.79 Å². The maximum atomic E-state index is 11.8. The van der Waals surface area contributed by atoms with Crippen molar-refractivity contribution in [3.63, 3.8) is 0 Å². The second-order valence-electron chi connectivity index (χ2n) is 3.79. The summed E-state index contributed by atoms with van der Waals surface area (Å²) in [7, 11) is 0. The van der Waals surface area contributed by atoms with Gasteiger partial charge in [0.15, 0.2) is 5.16 Å². The van der Waals surface area contributed by atoms with Gasteiger partial charge in [-0.25, -0.2) is 4.98 Å². The van der Waals surface area contributed by atoms with Crippen LogP contribution in [0.2, 0.25) is 10.0 Å². The van der Waals surface area contributed by atoms with Gasteiger partial charge in [-0.2, -0.15) is 5.10 Å². The van der Waals surface area contributed by atoms with E-state index in [4.69, 9.17) is 28.9 Å². The van der Waals surface area contributed by atoms with Crippen LogP contribution in [-0.4, -0.2) is 26.8 Å². The molecule has 0 bridgehead atoms. The lowest BCUT2D eigenvalue weighted by molar-refractivity contribution is -0.115. The van der Waals surface area contributed by atoms with Crippen LogP contribution in [0.5, 0.6) is 0 Å². The number of hydrogen-bond donors (Lipinski definition) is 3. The molecule has 2 aromatic rings. The highest BCUT2D eigenvalue weighted by Crippen LogP contribution is 2.32. The van der Waals surface area contributed by atoms with E-state index in [0.29, 0.717) is 38.8 Å². The van der Waals surface area contributed by atoms with Gasteiger partial charge in [-0.15, -0.1) is 0 Å². The van der Waals surface area contributed by atoms with Crippen LogP contribution in [0, 0.1) is 0 Å². The van der Waals surface area contributed by atoms with Crippen molar-refractivity contribution in [2.24, 2.45) is 0 Å². The number of nitrogens with one attached hydrogen (secondary N) is 2. The number of halogens is 2. The second kappa shape index (κ2) is 6.83. The molecule has 4 N–H and O–H groups in total. The molecule has 1 heterocycles. The first kappa shape index (κ1) is 15.0. The molecular weight excluding hydrogens is 321 g/mol. The molecule has 9 heteroatoms. The molecule has 0 aliphatic rings. The fourth-order valence-corrected chi connectivity index (χ4v) is 2.71. The quantitative estimate of drug-likeness (QED) is 0.578. The van der Waals surface area contributed by atoms with Crippen LogP contribution >= 0.6 is 35.0 Å². The summed E-state index contributed by atoms with van der Waals surface area (Å²) in [5.41, 5.74) is 6.48. The Hall–Kier alpha value is -1.44. The zero-order valence-electron chi connectivity index (χ0n) is 10.2. The Morgan fingerprint density at radius 3 is 2.90 bits per heavy atom. The first-order valence-corrected chi connectivity index (χ1v) is 7.33. The normalized spacial score (nSPS) is 10.5. The molecule has 0 saturated heterocycles. The van der Waals surface area contributed by atoms with Crippen molar-refractivity contribution >= 4 is 52.2 Å². The van der Waals surface area contributed by atoms with E-state index in [1.165, 1.54) is 30.2 Å². The van der Waals surface area contributed by atoms with Crippen molar-refractivity contribution in [3.8, 4) is 0 Å². The number of carbonyl (C=O) groups is 1. The number of nitrogens with zero attached hydrogens (tertiary/aromatic N) is 2. The smallest absolute Gasteiger partial charge is 0.225 e. The number of hydrogen-bond acceptors (Lipinski definition) is 5. The molecule has 1 amide bonds. The molecule has 0 fully saturated rings. The lowest BCUT2D eigenvalue weighted by Crippen LogP contribution is -2.14. The number of benzene rings is 1. The third-order valence-corrected chi connectivity index (χ3v) is 3.71. The third-order valence-electron chi connectivity index (χ3n) is 2.31. The van der Waals surface area contributed by atoms with Crippen molar-refractivity contribution in [1.82, 2.24) is 15.2 Å². The summed E-state index contributed by atoms with van der Waals surface area (Å²) < 4.78 is 0. The van der Waals surface area contributed by atoms with Gasteiger partial charge in [0.2, 0.25) is 5.91 Å². The molecule has 0 saturated carbocycles. The Morgan fingerprint density at radius 2 is 2.25 bits per heavy atom. The molecule has 0 radical (unpaired) electrons. The summed E-state index contributed by atoms with van der Waals surface area (Å²) in [4.78, 5) is 15.8. The minimum Gasteiger partial charge on any atom is -0.397 e. The fourth-order valence-electron chi connectivity index (χ4n) is 1.43. The number of carbonyl (C=O) groups excluding carboxylic acids is 1. The van der Waals surface area contributed by atoms with E-state index in [2.05, 4.69) is 20.5 Å². The predicted octanol–water partition coefficient (Wildman–Crippen LogP) is 2.81. The van der Waals surface area contributed by atoms with Crippen LogP contribution in [0.15, 0.2) is 23.6 Å². The van der Waals surface area contributed by atoms with Crippen molar-refractivity contribution in [3.05, 3.63) is 28.5 Å². The first-order chi connectivity index (χ1) is 9.56. The first-order valence-electron chi connectivity index (χ1n) is 5.59. The minimum atomic E-state index is -0.187. The van der Waals surface area contributed by atoms with Crippen LogP contribution in [0.3, 0.4) is 0 Å². The van der Waals surface area contributed by atoms with Gasteiger partial charge >= 0.3 is 0 Å². The summed E-state index contributed by atoms with van der Waals surface area (Å²) in [6, 6.07) is 3.06. The lowest BCUT2D eigenvalue weighted by atomic mass is 10.2. The lowest BCUT2D eigenvalue weighted by Gasteiger charge is -2.10.